The van der Waals surface area contributed by atoms with Crippen LogP contribution in [0.3, 0.4) is 0 Å². The van der Waals surface area contributed by atoms with Crippen LogP contribution in [-0.2, 0) is 10.3 Å². The van der Waals surface area contributed by atoms with E-state index in [1.54, 1.807) is 50.2 Å². The van der Waals surface area contributed by atoms with Gasteiger partial charge in [0.15, 0.2) is 5.78 Å². The third-order valence-electron chi connectivity index (χ3n) is 5.08. The molecule has 0 aliphatic carbocycles. The van der Waals surface area contributed by atoms with Gasteiger partial charge < -0.3 is 15.2 Å². The Kier molecular flexibility index (Phi) is 6.89. The molecule has 2 atom stereocenters. The van der Waals surface area contributed by atoms with E-state index in [1.807, 2.05) is 0 Å². The molecule has 3 amide bonds. The first-order valence-corrected chi connectivity index (χ1v) is 10.4. The van der Waals surface area contributed by atoms with E-state index in [-0.39, 0.29) is 24.0 Å². The molecule has 0 aromatic heterocycles. The normalized spacial score (nSPS) is 19.3. The smallest absolute Gasteiger partial charge is 0.325 e. The number of Topliss-reactive ketones (excluding diaryl/α,β-unsaturated/α-hetero) is 1. The summed E-state index contributed by atoms with van der Waals surface area (Å²) in [4.78, 5) is 38.0. The maximum Gasteiger partial charge on any atom is 0.325 e. The van der Waals surface area contributed by atoms with E-state index in [9.17, 15) is 19.5 Å². The summed E-state index contributed by atoms with van der Waals surface area (Å²) in [6.45, 7) is 2.93. The molecule has 9 heteroatoms. The first kappa shape index (κ1) is 23.1. The zero-order valence-electron chi connectivity index (χ0n) is 17.0. The van der Waals surface area contributed by atoms with Gasteiger partial charge in [0.1, 0.15) is 24.0 Å². The minimum Gasteiger partial charge on any atom is -0.491 e. The molecular weight excluding hydrogens is 443 g/mol. The van der Waals surface area contributed by atoms with E-state index < -0.39 is 23.6 Å². The highest BCUT2D eigenvalue weighted by Crippen LogP contribution is 2.35. The maximum atomic E-state index is 13.0. The molecule has 31 heavy (non-hydrogen) atoms. The molecule has 1 heterocycles. The van der Waals surface area contributed by atoms with E-state index in [1.165, 1.54) is 6.07 Å². The predicted molar refractivity (Wildman–Crippen MR) is 117 cm³/mol. The molecule has 0 unspecified atom stereocenters. The van der Waals surface area contributed by atoms with E-state index in [0.717, 1.165) is 4.90 Å². The number of imide groups is 1. The van der Waals surface area contributed by atoms with E-state index in [2.05, 4.69) is 5.32 Å². The van der Waals surface area contributed by atoms with Gasteiger partial charge in [-0.15, -0.1) is 0 Å². The SMILES string of the molecule is CCC(=O)c1ccc(OC[C@@H](O)CN2C(=O)N[C@](C)(c3ccc(Cl)cc3Cl)C2=O)cc1. The fraction of sp³-hybridized carbons (Fsp3) is 0.318. The van der Waals surface area contributed by atoms with Crippen LogP contribution in [0.2, 0.25) is 10.0 Å². The van der Waals surface area contributed by atoms with Crippen LogP contribution in [0.1, 0.15) is 36.2 Å². The van der Waals surface area contributed by atoms with Gasteiger partial charge in [-0.2, -0.15) is 0 Å². The quantitative estimate of drug-likeness (QED) is 0.457. The fourth-order valence-corrected chi connectivity index (χ4v) is 3.93. The number of halogens is 2. The molecule has 164 valence electrons. The minimum absolute atomic E-state index is 0.0222. The number of carbonyl (C=O) groups excluding carboxylic acids is 3. The van der Waals surface area contributed by atoms with Crippen LogP contribution in [0.15, 0.2) is 42.5 Å². The van der Waals surface area contributed by atoms with Gasteiger partial charge in [0.05, 0.1) is 6.54 Å². The van der Waals surface area contributed by atoms with Gasteiger partial charge in [-0.05, 0) is 43.3 Å². The Hall–Kier alpha value is -2.61. The highest BCUT2D eigenvalue weighted by atomic mass is 35.5. The van der Waals surface area contributed by atoms with Crippen LogP contribution < -0.4 is 10.1 Å². The van der Waals surface area contributed by atoms with Crippen molar-refractivity contribution in [2.75, 3.05) is 13.2 Å². The number of rotatable bonds is 8. The number of nitrogens with zero attached hydrogens (tertiary/aromatic N) is 1. The zero-order valence-corrected chi connectivity index (χ0v) is 18.5. The number of hydrogen-bond acceptors (Lipinski definition) is 5. The van der Waals surface area contributed by atoms with Gasteiger partial charge in [-0.1, -0.05) is 36.2 Å². The molecule has 2 aromatic rings. The van der Waals surface area contributed by atoms with E-state index in [4.69, 9.17) is 27.9 Å². The first-order valence-electron chi connectivity index (χ1n) is 9.69. The number of ether oxygens (including phenoxy) is 1. The van der Waals surface area contributed by atoms with Crippen molar-refractivity contribution in [2.45, 2.75) is 31.9 Å². The number of hydrogen-bond donors (Lipinski definition) is 2. The van der Waals surface area contributed by atoms with Crippen molar-refractivity contribution in [2.24, 2.45) is 0 Å². The molecule has 0 bridgehead atoms. The second-order valence-electron chi connectivity index (χ2n) is 7.36. The Morgan fingerprint density at radius 1 is 1.19 bits per heavy atom. The van der Waals surface area contributed by atoms with Gasteiger partial charge in [-0.3, -0.25) is 14.5 Å². The molecular formula is C22H22Cl2N2O5. The molecule has 0 spiro atoms. The summed E-state index contributed by atoms with van der Waals surface area (Å²) in [5, 5.41) is 13.6. The summed E-state index contributed by atoms with van der Waals surface area (Å²) in [7, 11) is 0. The van der Waals surface area contributed by atoms with Crippen molar-refractivity contribution in [1.82, 2.24) is 10.2 Å². The average molecular weight is 465 g/mol. The molecule has 1 saturated heterocycles. The van der Waals surface area contributed by atoms with Crippen LogP contribution >= 0.6 is 23.2 Å². The zero-order chi connectivity index (χ0) is 22.8. The summed E-state index contributed by atoms with van der Waals surface area (Å²) in [5.74, 6) is -0.0566. The molecule has 0 radical (unpaired) electrons. The van der Waals surface area contributed by atoms with Gasteiger partial charge in [-0.25, -0.2) is 4.79 Å². The summed E-state index contributed by atoms with van der Waals surface area (Å²) in [6.07, 6.45) is -0.708. The number of aliphatic hydroxyl groups is 1. The first-order chi connectivity index (χ1) is 14.7. The van der Waals surface area contributed by atoms with Gasteiger partial charge in [0.25, 0.3) is 5.91 Å². The molecule has 0 saturated carbocycles. The second-order valence-corrected chi connectivity index (χ2v) is 8.20. The summed E-state index contributed by atoms with van der Waals surface area (Å²) in [6, 6.07) is 10.6. The van der Waals surface area contributed by atoms with Crippen molar-refractivity contribution >= 4 is 40.9 Å². The number of urea groups is 1. The number of ketones is 1. The van der Waals surface area contributed by atoms with Crippen molar-refractivity contribution in [3.63, 3.8) is 0 Å². The molecule has 2 aromatic carbocycles. The maximum absolute atomic E-state index is 13.0. The number of nitrogens with one attached hydrogen (secondary N) is 1. The number of carbonyl (C=O) groups is 3. The Labute approximate surface area is 189 Å². The van der Waals surface area contributed by atoms with E-state index in [0.29, 0.717) is 28.3 Å². The molecule has 1 aliphatic rings. The van der Waals surface area contributed by atoms with Gasteiger partial charge in [0, 0.05) is 27.6 Å². The lowest BCUT2D eigenvalue weighted by Gasteiger charge is -2.24. The Morgan fingerprint density at radius 2 is 1.87 bits per heavy atom. The van der Waals surface area contributed by atoms with Crippen molar-refractivity contribution in [3.05, 3.63) is 63.6 Å². The lowest BCUT2D eigenvalue weighted by Crippen LogP contribution is -2.43. The number of β-amino-alcohol motifs (C(OH)–C–C–N with tert-alkyl or cyclic N) is 1. The van der Waals surface area contributed by atoms with Crippen LogP contribution in [-0.4, -0.2) is 47.0 Å². The van der Waals surface area contributed by atoms with Crippen LogP contribution in [0.5, 0.6) is 5.75 Å². The molecule has 2 N–H and O–H groups in total. The molecule has 7 nitrogen and oxygen atoms in total. The minimum atomic E-state index is -1.37. The Balaban J connectivity index is 1.63. The van der Waals surface area contributed by atoms with Crippen LogP contribution in [0.4, 0.5) is 4.79 Å². The summed E-state index contributed by atoms with van der Waals surface area (Å²) < 4.78 is 5.52. The largest absolute Gasteiger partial charge is 0.491 e. The van der Waals surface area contributed by atoms with E-state index >= 15 is 0 Å². The van der Waals surface area contributed by atoms with Crippen LogP contribution in [0, 0.1) is 0 Å². The third kappa shape index (κ3) is 4.84. The molecule has 1 fully saturated rings. The van der Waals surface area contributed by atoms with Crippen LogP contribution in [0.25, 0.3) is 0 Å². The highest BCUT2D eigenvalue weighted by Gasteiger charge is 2.50. The standard InChI is InChI=1S/C22H22Cl2N2O5/c1-3-19(28)13-4-7-16(8-5-13)31-12-15(27)11-26-20(29)22(2,25-21(26)30)17-9-6-14(23)10-18(17)24/h4-10,15,27H,3,11-12H2,1-2H3,(H,25,30)/t15-,22+/m0/s1. The average Bonchev–Trinajstić information content (AvgIpc) is 2.95. The lowest BCUT2D eigenvalue weighted by molar-refractivity contribution is -0.132. The number of aliphatic hydroxyl groups excluding tert-OH is 1. The van der Waals surface area contributed by atoms with Crippen molar-refractivity contribution in [3.8, 4) is 5.75 Å². The highest BCUT2D eigenvalue weighted by molar-refractivity contribution is 6.35. The Morgan fingerprint density at radius 3 is 2.48 bits per heavy atom. The van der Waals surface area contributed by atoms with Crippen molar-refractivity contribution in [1.29, 1.82) is 0 Å². The predicted octanol–water partition coefficient (Wildman–Crippen LogP) is 3.79. The lowest BCUT2D eigenvalue weighted by atomic mass is 9.92. The third-order valence-corrected chi connectivity index (χ3v) is 5.63. The fourth-order valence-electron chi connectivity index (χ4n) is 3.34. The summed E-state index contributed by atoms with van der Waals surface area (Å²) >= 11 is 12.1. The topological polar surface area (TPSA) is 95.9 Å². The van der Waals surface area contributed by atoms with Gasteiger partial charge in [0.2, 0.25) is 0 Å². The van der Waals surface area contributed by atoms with Gasteiger partial charge >= 0.3 is 6.03 Å². The monoisotopic (exact) mass is 464 g/mol. The number of benzene rings is 2. The summed E-state index contributed by atoms with van der Waals surface area (Å²) in [5.41, 5.74) is -0.386. The Bertz CT molecular complexity index is 1010. The second kappa shape index (κ2) is 9.26. The number of amides is 3. The molecule has 1 aliphatic heterocycles. The molecule has 3 rings (SSSR count). The van der Waals surface area contributed by atoms with Crippen molar-refractivity contribution < 1.29 is 24.2 Å².